The minimum Gasteiger partial charge on any atom is -0.490 e. The highest BCUT2D eigenvalue weighted by Gasteiger charge is 2.14. The molecule has 0 atom stereocenters. The van der Waals surface area contributed by atoms with Crippen LogP contribution in [0.3, 0.4) is 0 Å². The molecule has 2 aromatic heterocycles. The van der Waals surface area contributed by atoms with Gasteiger partial charge in [-0.1, -0.05) is 60.3 Å². The third-order valence-corrected chi connectivity index (χ3v) is 6.38. The first-order valence-corrected chi connectivity index (χ1v) is 11.5. The molecule has 0 fully saturated rings. The smallest absolute Gasteiger partial charge is 0.253 e. The molecule has 0 radical (unpaired) electrons. The van der Waals surface area contributed by atoms with Crippen LogP contribution in [-0.4, -0.2) is 32.8 Å². The SMILES string of the molecule is c1ccc2c(-c3ccnc4nc(SCc5ccc6c(c5)OCCCO6)nn34)cccc2c1. The van der Waals surface area contributed by atoms with Crippen LogP contribution in [0.4, 0.5) is 0 Å². The fourth-order valence-electron chi connectivity index (χ4n) is 3.93. The van der Waals surface area contributed by atoms with Crippen molar-refractivity contribution in [2.75, 3.05) is 13.2 Å². The average Bonchev–Trinajstić information content (AvgIpc) is 3.12. The highest BCUT2D eigenvalue weighted by Crippen LogP contribution is 2.33. The lowest BCUT2D eigenvalue weighted by atomic mass is 10.0. The van der Waals surface area contributed by atoms with E-state index in [1.54, 1.807) is 18.0 Å². The van der Waals surface area contributed by atoms with Crippen LogP contribution in [0.5, 0.6) is 11.5 Å². The van der Waals surface area contributed by atoms with Gasteiger partial charge in [-0.25, -0.2) is 4.98 Å². The second kappa shape index (κ2) is 8.16. The van der Waals surface area contributed by atoms with Crippen LogP contribution >= 0.6 is 11.8 Å². The Morgan fingerprint density at radius 2 is 1.78 bits per heavy atom. The molecule has 32 heavy (non-hydrogen) atoms. The van der Waals surface area contributed by atoms with Gasteiger partial charge in [0.2, 0.25) is 5.16 Å². The van der Waals surface area contributed by atoms with Gasteiger partial charge in [0.25, 0.3) is 5.78 Å². The minimum absolute atomic E-state index is 0.594. The van der Waals surface area contributed by atoms with Crippen LogP contribution in [0, 0.1) is 0 Å². The Kier molecular flexibility index (Phi) is 4.88. The van der Waals surface area contributed by atoms with Gasteiger partial charge in [0.1, 0.15) is 0 Å². The maximum atomic E-state index is 5.81. The molecule has 0 N–H and O–H groups in total. The second-order valence-electron chi connectivity index (χ2n) is 7.58. The van der Waals surface area contributed by atoms with E-state index in [-0.39, 0.29) is 0 Å². The van der Waals surface area contributed by atoms with Gasteiger partial charge in [-0.15, -0.1) is 5.10 Å². The van der Waals surface area contributed by atoms with Gasteiger partial charge in [0, 0.05) is 23.9 Å². The number of ether oxygens (including phenoxy) is 2. The van der Waals surface area contributed by atoms with Crippen LogP contribution in [0.15, 0.2) is 78.1 Å². The zero-order chi connectivity index (χ0) is 21.3. The van der Waals surface area contributed by atoms with E-state index in [9.17, 15) is 0 Å². The Bertz CT molecular complexity index is 1430. The van der Waals surface area contributed by atoms with Crippen LogP contribution < -0.4 is 9.47 Å². The molecule has 1 aliphatic rings. The third-order valence-electron chi connectivity index (χ3n) is 5.47. The van der Waals surface area contributed by atoms with E-state index in [4.69, 9.17) is 14.6 Å². The molecule has 3 heterocycles. The average molecular weight is 441 g/mol. The molecule has 0 spiro atoms. The molecule has 5 aromatic rings. The summed E-state index contributed by atoms with van der Waals surface area (Å²) >= 11 is 1.58. The number of hydrogen-bond donors (Lipinski definition) is 0. The topological polar surface area (TPSA) is 61.5 Å². The van der Waals surface area contributed by atoms with Crippen LogP contribution in [0.25, 0.3) is 27.8 Å². The maximum absolute atomic E-state index is 5.81. The van der Waals surface area contributed by atoms with Gasteiger partial charge in [0.05, 0.1) is 18.9 Å². The monoisotopic (exact) mass is 440 g/mol. The van der Waals surface area contributed by atoms with E-state index in [0.717, 1.165) is 40.5 Å². The Labute approximate surface area is 189 Å². The highest BCUT2D eigenvalue weighted by atomic mass is 32.2. The van der Waals surface area contributed by atoms with E-state index in [1.165, 1.54) is 10.8 Å². The molecule has 6 nitrogen and oxygen atoms in total. The van der Waals surface area contributed by atoms with E-state index in [1.807, 2.05) is 22.7 Å². The molecule has 158 valence electrons. The van der Waals surface area contributed by atoms with Gasteiger partial charge in [0.15, 0.2) is 11.5 Å². The van der Waals surface area contributed by atoms with Gasteiger partial charge in [-0.2, -0.15) is 9.50 Å². The Hall–Kier alpha value is -3.58. The number of nitrogens with zero attached hydrogens (tertiary/aromatic N) is 4. The molecular formula is C25H20N4O2S. The minimum atomic E-state index is 0.594. The molecule has 0 aliphatic carbocycles. The Morgan fingerprint density at radius 3 is 2.75 bits per heavy atom. The Balaban J connectivity index is 1.31. The summed E-state index contributed by atoms with van der Waals surface area (Å²) in [6, 6.07) is 22.7. The molecule has 0 saturated heterocycles. The van der Waals surface area contributed by atoms with Crippen molar-refractivity contribution in [2.45, 2.75) is 17.3 Å². The summed E-state index contributed by atoms with van der Waals surface area (Å²) in [4.78, 5) is 9.07. The quantitative estimate of drug-likeness (QED) is 0.349. The van der Waals surface area contributed by atoms with Crippen molar-refractivity contribution < 1.29 is 9.47 Å². The van der Waals surface area contributed by atoms with Crippen LogP contribution in [0.1, 0.15) is 12.0 Å². The van der Waals surface area contributed by atoms with Crippen molar-refractivity contribution in [1.82, 2.24) is 19.6 Å². The number of rotatable bonds is 4. The fraction of sp³-hybridized carbons (Fsp3) is 0.160. The summed E-state index contributed by atoms with van der Waals surface area (Å²) in [7, 11) is 0. The third kappa shape index (κ3) is 3.54. The lowest BCUT2D eigenvalue weighted by Crippen LogP contribution is -1.97. The molecule has 7 heteroatoms. The van der Waals surface area contributed by atoms with E-state index in [2.05, 4.69) is 58.5 Å². The largest absolute Gasteiger partial charge is 0.490 e. The molecular weight excluding hydrogens is 420 g/mol. The molecule has 0 bridgehead atoms. The molecule has 6 rings (SSSR count). The maximum Gasteiger partial charge on any atom is 0.253 e. The molecule has 0 saturated carbocycles. The lowest BCUT2D eigenvalue weighted by Gasteiger charge is -2.08. The standard InChI is InChI=1S/C25H20N4O2S/c1-2-7-19-18(5-1)6-3-8-20(19)21-11-12-26-24-27-25(28-29(21)24)32-16-17-9-10-22-23(15-17)31-14-4-13-30-22/h1-3,5-12,15H,4,13-14,16H2. The van der Waals surface area contributed by atoms with Gasteiger partial charge in [-0.3, -0.25) is 0 Å². The zero-order valence-electron chi connectivity index (χ0n) is 17.3. The number of aromatic nitrogens is 4. The lowest BCUT2D eigenvalue weighted by molar-refractivity contribution is 0.297. The van der Waals surface area contributed by atoms with Gasteiger partial charge >= 0.3 is 0 Å². The zero-order valence-corrected chi connectivity index (χ0v) is 18.1. The van der Waals surface area contributed by atoms with E-state index < -0.39 is 0 Å². The highest BCUT2D eigenvalue weighted by molar-refractivity contribution is 7.98. The normalized spacial score (nSPS) is 13.4. The van der Waals surface area contributed by atoms with Crippen molar-refractivity contribution in [3.8, 4) is 22.8 Å². The summed E-state index contributed by atoms with van der Waals surface area (Å²) in [5, 5.41) is 7.83. The van der Waals surface area contributed by atoms with E-state index in [0.29, 0.717) is 24.1 Å². The number of fused-ring (bicyclic) bond motifs is 3. The van der Waals surface area contributed by atoms with Gasteiger partial charge in [-0.05, 0) is 34.5 Å². The predicted octanol–water partition coefficient (Wildman–Crippen LogP) is 5.40. The van der Waals surface area contributed by atoms with Gasteiger partial charge < -0.3 is 9.47 Å². The first-order chi connectivity index (χ1) is 15.8. The summed E-state index contributed by atoms with van der Waals surface area (Å²) in [5.74, 6) is 2.95. The van der Waals surface area contributed by atoms with Crippen molar-refractivity contribution in [3.63, 3.8) is 0 Å². The second-order valence-corrected chi connectivity index (χ2v) is 8.53. The molecule has 0 amide bonds. The summed E-state index contributed by atoms with van der Waals surface area (Å²) in [5.41, 5.74) is 3.22. The molecule has 0 unspecified atom stereocenters. The molecule has 3 aromatic carbocycles. The van der Waals surface area contributed by atoms with E-state index >= 15 is 0 Å². The van der Waals surface area contributed by atoms with Crippen molar-refractivity contribution in [1.29, 1.82) is 0 Å². The first-order valence-electron chi connectivity index (χ1n) is 10.6. The summed E-state index contributed by atoms with van der Waals surface area (Å²) in [6.07, 6.45) is 2.69. The fourth-order valence-corrected chi connectivity index (χ4v) is 4.70. The van der Waals surface area contributed by atoms with Crippen molar-refractivity contribution in [3.05, 3.63) is 78.5 Å². The van der Waals surface area contributed by atoms with Crippen LogP contribution in [0.2, 0.25) is 0 Å². The van der Waals surface area contributed by atoms with Crippen molar-refractivity contribution >= 4 is 28.3 Å². The summed E-state index contributed by atoms with van der Waals surface area (Å²) < 4.78 is 13.4. The number of benzene rings is 3. The molecule has 1 aliphatic heterocycles. The Morgan fingerprint density at radius 1 is 0.906 bits per heavy atom. The van der Waals surface area contributed by atoms with Crippen molar-refractivity contribution in [2.24, 2.45) is 0 Å². The predicted molar refractivity (Wildman–Crippen MR) is 125 cm³/mol. The number of thioether (sulfide) groups is 1. The number of hydrogen-bond acceptors (Lipinski definition) is 6. The first kappa shape index (κ1) is 19.1. The summed E-state index contributed by atoms with van der Waals surface area (Å²) in [6.45, 7) is 1.37. The van der Waals surface area contributed by atoms with Crippen LogP contribution in [-0.2, 0) is 5.75 Å².